The van der Waals surface area contributed by atoms with E-state index in [9.17, 15) is 14.7 Å². The van der Waals surface area contributed by atoms with Crippen LogP contribution in [0.4, 0.5) is 0 Å². The Balaban J connectivity index is 2.78. The molecule has 0 amide bonds. The molecular weight excluding hydrogens is 232 g/mol. The number of carbonyl (C=O) groups excluding carboxylic acids is 2. The van der Waals surface area contributed by atoms with Gasteiger partial charge < -0.3 is 24.4 Å². The van der Waals surface area contributed by atoms with Crippen molar-refractivity contribution in [2.45, 2.75) is 44.9 Å². The molecule has 7 nitrogen and oxygen atoms in total. The number of aliphatic hydroxyl groups is 2. The summed E-state index contributed by atoms with van der Waals surface area (Å²) >= 11 is 0. The molecule has 0 spiro atoms. The van der Waals surface area contributed by atoms with E-state index < -0.39 is 43.1 Å². The van der Waals surface area contributed by atoms with Crippen LogP contribution in [0.15, 0.2) is 0 Å². The van der Waals surface area contributed by atoms with Gasteiger partial charge in [-0.2, -0.15) is 0 Å². The van der Waals surface area contributed by atoms with Crippen LogP contribution in [0.5, 0.6) is 0 Å². The number of hydrogen-bond acceptors (Lipinski definition) is 7. The summed E-state index contributed by atoms with van der Waals surface area (Å²) in [6.45, 7) is 1.96. The van der Waals surface area contributed by atoms with E-state index in [1.165, 1.54) is 13.8 Å². The fourth-order valence-corrected chi connectivity index (χ4v) is 1.73. The molecule has 0 aromatic carbocycles. The van der Waals surface area contributed by atoms with Crippen LogP contribution in [0.25, 0.3) is 0 Å². The van der Waals surface area contributed by atoms with Gasteiger partial charge in [-0.25, -0.2) is 0 Å². The molecule has 2 N–H and O–H groups in total. The van der Waals surface area contributed by atoms with Crippen LogP contribution in [-0.2, 0) is 23.8 Å². The second-order valence-corrected chi connectivity index (χ2v) is 3.77. The highest BCUT2D eigenvalue weighted by molar-refractivity contribution is 5.67. The van der Waals surface area contributed by atoms with Gasteiger partial charge in [-0.15, -0.1) is 0 Å². The first-order chi connectivity index (χ1) is 7.93. The van der Waals surface area contributed by atoms with E-state index in [4.69, 9.17) is 19.3 Å². The van der Waals surface area contributed by atoms with Crippen LogP contribution in [-0.4, -0.2) is 53.4 Å². The van der Waals surface area contributed by atoms with E-state index >= 15 is 0 Å². The predicted molar refractivity (Wildman–Crippen MR) is 53.7 cm³/mol. The van der Waals surface area contributed by atoms with Crippen LogP contribution in [0.2, 0.25) is 0 Å². The SMILES string of the molecule is CC(=O)O[C@@H]1[C@@H](OC(C)=O)C[C@H](O)O[C@@H]1CO. The van der Waals surface area contributed by atoms with Crippen molar-refractivity contribution >= 4 is 11.9 Å². The van der Waals surface area contributed by atoms with Gasteiger partial charge in [0.05, 0.1) is 6.61 Å². The first-order valence-corrected chi connectivity index (χ1v) is 5.23. The molecule has 0 aromatic heterocycles. The lowest BCUT2D eigenvalue weighted by atomic mass is 10.0. The molecule has 1 aliphatic rings. The van der Waals surface area contributed by atoms with Crippen molar-refractivity contribution in [1.82, 2.24) is 0 Å². The minimum absolute atomic E-state index is 0.00593. The van der Waals surface area contributed by atoms with Gasteiger partial charge in [-0.3, -0.25) is 9.59 Å². The Hall–Kier alpha value is -1.18. The third-order valence-corrected chi connectivity index (χ3v) is 2.30. The first kappa shape index (κ1) is 13.9. The zero-order chi connectivity index (χ0) is 13.0. The van der Waals surface area contributed by atoms with Crippen molar-refractivity contribution in [3.8, 4) is 0 Å². The highest BCUT2D eigenvalue weighted by Gasteiger charge is 2.42. The van der Waals surface area contributed by atoms with Gasteiger partial charge in [-0.1, -0.05) is 0 Å². The number of rotatable bonds is 3. The van der Waals surface area contributed by atoms with Crippen molar-refractivity contribution in [3.05, 3.63) is 0 Å². The second-order valence-electron chi connectivity index (χ2n) is 3.77. The Labute approximate surface area is 98.3 Å². The van der Waals surface area contributed by atoms with Crippen molar-refractivity contribution < 1.29 is 34.0 Å². The third kappa shape index (κ3) is 3.95. The molecule has 0 aromatic rings. The number of aliphatic hydroxyl groups excluding tert-OH is 2. The van der Waals surface area contributed by atoms with Gasteiger partial charge in [0.15, 0.2) is 12.4 Å². The monoisotopic (exact) mass is 248 g/mol. The van der Waals surface area contributed by atoms with Crippen molar-refractivity contribution in [3.63, 3.8) is 0 Å². The highest BCUT2D eigenvalue weighted by Crippen LogP contribution is 2.24. The number of esters is 2. The zero-order valence-electron chi connectivity index (χ0n) is 9.66. The molecule has 0 radical (unpaired) electrons. The first-order valence-electron chi connectivity index (χ1n) is 5.23. The van der Waals surface area contributed by atoms with Crippen LogP contribution in [0.1, 0.15) is 20.3 Å². The summed E-state index contributed by atoms with van der Waals surface area (Å²) in [4.78, 5) is 21.8. The maximum Gasteiger partial charge on any atom is 0.303 e. The smallest absolute Gasteiger partial charge is 0.303 e. The fraction of sp³-hybridized carbons (Fsp3) is 0.800. The van der Waals surface area contributed by atoms with Crippen LogP contribution in [0, 0.1) is 0 Å². The minimum atomic E-state index is -1.16. The lowest BCUT2D eigenvalue weighted by Gasteiger charge is -2.37. The van der Waals surface area contributed by atoms with E-state index in [-0.39, 0.29) is 6.42 Å². The molecular formula is C10H16O7. The van der Waals surface area contributed by atoms with E-state index in [2.05, 4.69) is 0 Å². The van der Waals surface area contributed by atoms with E-state index in [1.807, 2.05) is 0 Å². The van der Waals surface area contributed by atoms with Gasteiger partial charge in [0.25, 0.3) is 0 Å². The Morgan fingerprint density at radius 1 is 1.29 bits per heavy atom. The van der Waals surface area contributed by atoms with Crippen LogP contribution < -0.4 is 0 Å². The summed E-state index contributed by atoms with van der Waals surface area (Å²) in [6, 6.07) is 0. The second kappa shape index (κ2) is 5.95. The maximum atomic E-state index is 10.9. The summed E-state index contributed by atoms with van der Waals surface area (Å²) < 4.78 is 14.9. The molecule has 0 bridgehead atoms. The topological polar surface area (TPSA) is 102 Å². The number of hydrogen-bond donors (Lipinski definition) is 2. The average Bonchev–Trinajstić information content (AvgIpc) is 2.20. The summed E-state index contributed by atoms with van der Waals surface area (Å²) in [6.07, 6.45) is -3.81. The molecule has 98 valence electrons. The van der Waals surface area contributed by atoms with Crippen molar-refractivity contribution in [1.29, 1.82) is 0 Å². The summed E-state index contributed by atoms with van der Waals surface area (Å²) in [5.74, 6) is -1.14. The lowest BCUT2D eigenvalue weighted by molar-refractivity contribution is -0.251. The Morgan fingerprint density at radius 2 is 1.88 bits per heavy atom. The van der Waals surface area contributed by atoms with E-state index in [0.29, 0.717) is 0 Å². The molecule has 0 saturated carbocycles. The number of carbonyl (C=O) groups is 2. The Morgan fingerprint density at radius 3 is 2.35 bits per heavy atom. The van der Waals surface area contributed by atoms with Gasteiger partial charge in [0.1, 0.15) is 12.2 Å². The number of ether oxygens (including phenoxy) is 3. The molecule has 1 fully saturated rings. The molecule has 1 aliphatic heterocycles. The quantitative estimate of drug-likeness (QED) is 0.614. The van der Waals surface area contributed by atoms with Gasteiger partial charge in [0.2, 0.25) is 0 Å². The van der Waals surface area contributed by atoms with Gasteiger partial charge in [0, 0.05) is 20.3 Å². The molecule has 1 heterocycles. The van der Waals surface area contributed by atoms with Gasteiger partial charge >= 0.3 is 11.9 Å². The van der Waals surface area contributed by atoms with Crippen molar-refractivity contribution in [2.24, 2.45) is 0 Å². The van der Waals surface area contributed by atoms with E-state index in [1.54, 1.807) is 0 Å². The predicted octanol–water partition coefficient (Wildman–Crippen LogP) is -1.05. The van der Waals surface area contributed by atoms with Crippen LogP contribution >= 0.6 is 0 Å². The summed E-state index contributed by atoms with van der Waals surface area (Å²) in [5, 5.41) is 18.5. The minimum Gasteiger partial charge on any atom is -0.458 e. The Bertz CT molecular complexity index is 290. The summed E-state index contributed by atoms with van der Waals surface area (Å²) in [7, 11) is 0. The molecule has 17 heavy (non-hydrogen) atoms. The molecule has 0 unspecified atom stereocenters. The molecule has 1 rings (SSSR count). The molecule has 7 heteroatoms. The van der Waals surface area contributed by atoms with Crippen molar-refractivity contribution in [2.75, 3.05) is 6.61 Å². The maximum absolute atomic E-state index is 10.9. The highest BCUT2D eigenvalue weighted by atomic mass is 16.7. The van der Waals surface area contributed by atoms with Crippen LogP contribution in [0.3, 0.4) is 0 Å². The zero-order valence-corrected chi connectivity index (χ0v) is 9.66. The molecule has 1 saturated heterocycles. The van der Waals surface area contributed by atoms with Gasteiger partial charge in [-0.05, 0) is 0 Å². The van der Waals surface area contributed by atoms with E-state index in [0.717, 1.165) is 0 Å². The summed E-state index contributed by atoms with van der Waals surface area (Å²) in [5.41, 5.74) is 0. The third-order valence-electron chi connectivity index (χ3n) is 2.30. The molecule has 4 atom stereocenters. The Kier molecular flexibility index (Phi) is 4.86. The molecule has 0 aliphatic carbocycles. The standard InChI is InChI=1S/C10H16O7/c1-5(12)15-7-3-9(14)17-8(4-11)10(7)16-6(2)13/h7-11,14H,3-4H2,1-2H3/t7-,8+,9+,10+/m0/s1. The lowest BCUT2D eigenvalue weighted by Crippen LogP contribution is -2.53. The average molecular weight is 248 g/mol. The fourth-order valence-electron chi connectivity index (χ4n) is 1.73. The normalized spacial score (nSPS) is 32.9. The largest absolute Gasteiger partial charge is 0.458 e.